The molecule has 7 heteroatoms. The molecule has 0 saturated carbocycles. The van der Waals surface area contributed by atoms with Gasteiger partial charge in [0.05, 0.1) is 26.7 Å². The summed E-state index contributed by atoms with van der Waals surface area (Å²) in [4.78, 5) is 0. The van der Waals surface area contributed by atoms with Gasteiger partial charge in [0, 0.05) is 38.8 Å². The van der Waals surface area contributed by atoms with Gasteiger partial charge in [0.1, 0.15) is 0 Å². The maximum Gasteiger partial charge on any atom is 0.0998 e. The minimum Gasteiger partial charge on any atom is -0.359 e. The highest BCUT2D eigenvalue weighted by molar-refractivity contribution is 6.48. The number of nitrogens with zero attached hydrogens (tertiary/aromatic N) is 1. The molecule has 0 aliphatic carbocycles. The van der Waals surface area contributed by atoms with Crippen molar-refractivity contribution in [3.8, 4) is 17.2 Å². The minimum absolute atomic E-state index is 0.294. The van der Waals surface area contributed by atoms with Gasteiger partial charge >= 0.3 is 0 Å². The highest BCUT2D eigenvalue weighted by Gasteiger charge is 2.23. The number of hydrogen-bond acceptors (Lipinski definition) is 2. The van der Waals surface area contributed by atoms with E-state index in [1.54, 1.807) is 18.2 Å². The smallest absolute Gasteiger partial charge is 0.0998 e. The van der Waals surface area contributed by atoms with Crippen molar-refractivity contribution in [1.82, 2.24) is 0 Å². The van der Waals surface area contributed by atoms with Gasteiger partial charge in [0.25, 0.3) is 0 Å². The highest BCUT2D eigenvalue weighted by atomic mass is 35.5. The Morgan fingerprint density at radius 2 is 1.59 bits per heavy atom. The Kier molecular flexibility index (Phi) is 8.04. The first-order chi connectivity index (χ1) is 15.1. The van der Waals surface area contributed by atoms with E-state index < -0.39 is 0 Å². The summed E-state index contributed by atoms with van der Waals surface area (Å²) in [5.41, 5.74) is 5.27. The molecule has 0 saturated heterocycles. The van der Waals surface area contributed by atoms with E-state index in [0.29, 0.717) is 31.4 Å². The summed E-state index contributed by atoms with van der Waals surface area (Å²) in [6.45, 7) is 8.01. The van der Waals surface area contributed by atoms with Crippen molar-refractivity contribution in [1.29, 1.82) is 5.26 Å². The number of rotatable bonds is 6. The second-order valence-electron chi connectivity index (χ2n) is 7.46. The second-order valence-corrected chi connectivity index (χ2v) is 9.75. The molecule has 2 unspecified atom stereocenters. The van der Waals surface area contributed by atoms with Gasteiger partial charge in [-0.3, -0.25) is 0 Å². The molecular formula is C25H19Cl5N2. The number of anilines is 1. The molecule has 0 aromatic heterocycles. The number of nitrogens with one attached hydrogen (secondary N) is 1. The van der Waals surface area contributed by atoms with Crippen molar-refractivity contribution in [3.63, 3.8) is 0 Å². The number of aryl methyl sites for hydroxylation is 1. The lowest BCUT2D eigenvalue weighted by Gasteiger charge is -2.25. The largest absolute Gasteiger partial charge is 0.359 e. The van der Waals surface area contributed by atoms with Gasteiger partial charge in [-0.2, -0.15) is 5.26 Å². The fraction of sp³-hybridized carbons (Fsp3) is 0.160. The van der Waals surface area contributed by atoms with Crippen LogP contribution in [-0.2, 0) is 0 Å². The van der Waals surface area contributed by atoms with Crippen LogP contribution in [0.4, 0.5) is 5.69 Å². The second kappa shape index (κ2) is 10.4. The Hall–Kier alpha value is -1.86. The fourth-order valence-electron chi connectivity index (χ4n) is 3.56. The molecule has 3 rings (SSSR count). The van der Waals surface area contributed by atoms with Crippen LogP contribution in [0.1, 0.15) is 29.5 Å². The van der Waals surface area contributed by atoms with E-state index in [1.807, 2.05) is 44.2 Å². The Bertz CT molecular complexity index is 1200. The molecule has 0 heterocycles. The van der Waals surface area contributed by atoms with Crippen LogP contribution in [0, 0.1) is 18.3 Å². The van der Waals surface area contributed by atoms with Crippen molar-refractivity contribution in [2.45, 2.75) is 25.1 Å². The predicted octanol–water partition coefficient (Wildman–Crippen LogP) is 9.48. The van der Waals surface area contributed by atoms with E-state index in [9.17, 15) is 5.26 Å². The monoisotopic (exact) mass is 522 g/mol. The van der Waals surface area contributed by atoms with Gasteiger partial charge in [-0.05, 0) is 61.4 Å². The average Bonchev–Trinajstić information content (AvgIpc) is 2.73. The quantitative estimate of drug-likeness (QED) is 0.257. The summed E-state index contributed by atoms with van der Waals surface area (Å²) >= 11 is 31.5. The number of nitriles is 1. The maximum absolute atomic E-state index is 9.57. The van der Waals surface area contributed by atoms with E-state index >= 15 is 0 Å². The summed E-state index contributed by atoms with van der Waals surface area (Å²) < 4.78 is 0. The van der Waals surface area contributed by atoms with Gasteiger partial charge < -0.3 is 5.32 Å². The van der Waals surface area contributed by atoms with Crippen LogP contribution in [0.15, 0.2) is 60.8 Å². The Balaban J connectivity index is 1.97. The zero-order valence-electron chi connectivity index (χ0n) is 17.3. The van der Waals surface area contributed by atoms with E-state index in [-0.39, 0.29) is 11.3 Å². The van der Waals surface area contributed by atoms with Crippen LogP contribution in [0.5, 0.6) is 0 Å². The molecule has 0 spiro atoms. The standard InChI is InChI=1S/C25H19Cl5N2/c1-13-4-6-19(17(8-13)12-31)20-11-18(5-7-21(20)27)32-15(3)24(14(2)26)16-9-22(28)25(30)23(29)10-16/h4-11,14,24,32H,3H2,1-2H3. The number of benzene rings is 3. The maximum atomic E-state index is 9.57. The normalized spacial score (nSPS) is 12.7. The number of alkyl halides is 1. The van der Waals surface area contributed by atoms with E-state index in [2.05, 4.69) is 18.0 Å². The summed E-state index contributed by atoms with van der Waals surface area (Å²) in [5.74, 6) is -0.294. The van der Waals surface area contributed by atoms with Crippen molar-refractivity contribution >= 4 is 63.7 Å². The van der Waals surface area contributed by atoms with Crippen LogP contribution in [0.3, 0.4) is 0 Å². The minimum atomic E-state index is -0.308. The first kappa shape index (κ1) is 24.8. The number of hydrogen-bond donors (Lipinski definition) is 1. The van der Waals surface area contributed by atoms with Crippen molar-refractivity contribution < 1.29 is 0 Å². The molecule has 3 aromatic rings. The summed E-state index contributed by atoms with van der Waals surface area (Å²) in [5, 5.41) is 14.1. The molecule has 3 aromatic carbocycles. The third-order valence-electron chi connectivity index (χ3n) is 5.06. The first-order valence-electron chi connectivity index (χ1n) is 9.67. The van der Waals surface area contributed by atoms with Crippen molar-refractivity contribution in [2.75, 3.05) is 5.32 Å². The topological polar surface area (TPSA) is 35.8 Å². The Labute approximate surface area is 213 Å². The van der Waals surface area contributed by atoms with Crippen LogP contribution in [0.25, 0.3) is 11.1 Å². The Morgan fingerprint density at radius 3 is 2.19 bits per heavy atom. The van der Waals surface area contributed by atoms with Crippen LogP contribution in [-0.4, -0.2) is 5.38 Å². The van der Waals surface area contributed by atoms with Gasteiger partial charge in [0.15, 0.2) is 0 Å². The first-order valence-corrected chi connectivity index (χ1v) is 11.6. The average molecular weight is 525 g/mol. The molecular weight excluding hydrogens is 506 g/mol. The summed E-state index contributed by atoms with van der Waals surface area (Å²) in [7, 11) is 0. The van der Waals surface area contributed by atoms with Gasteiger partial charge in [-0.1, -0.05) is 65.1 Å². The summed E-state index contributed by atoms with van der Waals surface area (Å²) in [6, 6.07) is 16.9. The Morgan fingerprint density at radius 1 is 0.938 bits per heavy atom. The molecule has 2 atom stereocenters. The molecule has 0 bridgehead atoms. The van der Waals surface area contributed by atoms with Gasteiger partial charge in [-0.15, -0.1) is 11.6 Å². The predicted molar refractivity (Wildman–Crippen MR) is 139 cm³/mol. The summed E-state index contributed by atoms with van der Waals surface area (Å²) in [6.07, 6.45) is 0. The highest BCUT2D eigenvalue weighted by Crippen LogP contribution is 2.39. The zero-order valence-corrected chi connectivity index (χ0v) is 21.1. The lowest BCUT2D eigenvalue weighted by molar-refractivity contribution is 0.775. The number of allylic oxidation sites excluding steroid dienone is 1. The lowest BCUT2D eigenvalue weighted by Crippen LogP contribution is -2.17. The van der Waals surface area contributed by atoms with E-state index in [0.717, 1.165) is 27.9 Å². The van der Waals surface area contributed by atoms with Gasteiger partial charge in [0.2, 0.25) is 0 Å². The third kappa shape index (κ3) is 5.37. The fourth-order valence-corrected chi connectivity index (χ4v) is 4.69. The van der Waals surface area contributed by atoms with Crippen molar-refractivity contribution in [2.24, 2.45) is 0 Å². The van der Waals surface area contributed by atoms with Crippen molar-refractivity contribution in [3.05, 3.63) is 97.6 Å². The molecule has 0 aliphatic rings. The lowest BCUT2D eigenvalue weighted by atomic mass is 9.92. The molecule has 32 heavy (non-hydrogen) atoms. The van der Waals surface area contributed by atoms with Crippen LogP contribution < -0.4 is 5.32 Å². The van der Waals surface area contributed by atoms with Crippen LogP contribution in [0.2, 0.25) is 20.1 Å². The molecule has 1 N–H and O–H groups in total. The zero-order chi connectivity index (χ0) is 23.6. The molecule has 0 amide bonds. The number of halogens is 5. The molecule has 0 fully saturated rings. The van der Waals surface area contributed by atoms with E-state index in [4.69, 9.17) is 58.0 Å². The van der Waals surface area contributed by atoms with Crippen LogP contribution >= 0.6 is 58.0 Å². The third-order valence-corrected chi connectivity index (χ3v) is 6.84. The van der Waals surface area contributed by atoms with E-state index in [1.165, 1.54) is 0 Å². The SMILES string of the molecule is C=C(Nc1ccc(Cl)c(-c2ccc(C)cc2C#N)c1)C(c1cc(Cl)c(Cl)c(Cl)c1)C(C)Cl. The molecule has 164 valence electrons. The van der Waals surface area contributed by atoms with Gasteiger partial charge in [-0.25, -0.2) is 0 Å². The molecule has 2 nitrogen and oxygen atoms in total. The molecule has 0 aliphatic heterocycles. The molecule has 0 radical (unpaired) electrons.